The van der Waals surface area contributed by atoms with Crippen molar-refractivity contribution in [1.82, 2.24) is 10.3 Å². The summed E-state index contributed by atoms with van der Waals surface area (Å²) in [5, 5.41) is 4.91. The van der Waals surface area contributed by atoms with Crippen LogP contribution in [-0.4, -0.2) is 24.1 Å². The number of nitrogens with one attached hydrogen (secondary N) is 1. The van der Waals surface area contributed by atoms with E-state index in [0.29, 0.717) is 6.04 Å². The lowest BCUT2D eigenvalue weighted by Crippen LogP contribution is -2.28. The second-order valence-corrected chi connectivity index (χ2v) is 6.72. The lowest BCUT2D eigenvalue weighted by molar-refractivity contribution is 0.476. The summed E-state index contributed by atoms with van der Waals surface area (Å²) in [4.78, 5) is 9.05. The zero-order valence-electron chi connectivity index (χ0n) is 12.1. The second kappa shape index (κ2) is 5.80. The van der Waals surface area contributed by atoms with Crippen molar-refractivity contribution in [2.45, 2.75) is 64.5 Å². The molecule has 106 valence electrons. The van der Waals surface area contributed by atoms with Crippen LogP contribution >= 0.6 is 11.3 Å². The Morgan fingerprint density at radius 1 is 1.32 bits per heavy atom. The van der Waals surface area contributed by atoms with Crippen LogP contribution in [0.25, 0.3) is 0 Å². The SMILES string of the molecule is CCNC1CCCc2nc(N3CCCC3CC)sc21. The molecule has 1 aliphatic carbocycles. The van der Waals surface area contributed by atoms with E-state index < -0.39 is 0 Å². The van der Waals surface area contributed by atoms with Gasteiger partial charge in [0.1, 0.15) is 0 Å². The average molecular weight is 279 g/mol. The molecule has 0 saturated carbocycles. The van der Waals surface area contributed by atoms with Crippen molar-refractivity contribution in [2.24, 2.45) is 0 Å². The van der Waals surface area contributed by atoms with E-state index in [2.05, 4.69) is 24.1 Å². The zero-order chi connectivity index (χ0) is 13.2. The van der Waals surface area contributed by atoms with Gasteiger partial charge in [0.15, 0.2) is 5.13 Å². The summed E-state index contributed by atoms with van der Waals surface area (Å²) in [6.45, 7) is 6.76. The third-order valence-corrected chi connectivity index (χ3v) is 5.73. The van der Waals surface area contributed by atoms with Crippen molar-refractivity contribution in [1.29, 1.82) is 0 Å². The number of anilines is 1. The first kappa shape index (κ1) is 13.4. The third kappa shape index (κ3) is 2.52. The van der Waals surface area contributed by atoms with Crippen LogP contribution in [0.5, 0.6) is 0 Å². The average Bonchev–Trinajstić information content (AvgIpc) is 3.05. The van der Waals surface area contributed by atoms with E-state index in [1.807, 2.05) is 11.3 Å². The second-order valence-electron chi connectivity index (χ2n) is 5.71. The Labute approximate surface area is 120 Å². The first-order valence-electron chi connectivity index (χ1n) is 7.83. The molecule has 1 N–H and O–H groups in total. The summed E-state index contributed by atoms with van der Waals surface area (Å²) in [5.74, 6) is 0. The minimum absolute atomic E-state index is 0.558. The maximum Gasteiger partial charge on any atom is 0.186 e. The van der Waals surface area contributed by atoms with E-state index in [1.54, 1.807) is 0 Å². The molecular weight excluding hydrogens is 254 g/mol. The van der Waals surface area contributed by atoms with E-state index in [-0.39, 0.29) is 0 Å². The molecule has 1 aromatic rings. The van der Waals surface area contributed by atoms with Crippen molar-refractivity contribution in [3.63, 3.8) is 0 Å². The van der Waals surface area contributed by atoms with Crippen LogP contribution < -0.4 is 10.2 Å². The number of nitrogens with zero attached hydrogens (tertiary/aromatic N) is 2. The van der Waals surface area contributed by atoms with E-state index in [1.165, 1.54) is 60.8 Å². The fourth-order valence-electron chi connectivity index (χ4n) is 3.48. The van der Waals surface area contributed by atoms with Crippen LogP contribution in [0.15, 0.2) is 0 Å². The highest BCUT2D eigenvalue weighted by Gasteiger charge is 2.29. The standard InChI is InChI=1S/C15H25N3S/c1-3-11-7-6-10-18(11)15-17-13-9-5-8-12(16-4-2)14(13)19-15/h11-12,16H,3-10H2,1-2H3. The fourth-order valence-corrected chi connectivity index (χ4v) is 4.80. The Morgan fingerprint density at radius 3 is 3.00 bits per heavy atom. The fraction of sp³-hybridized carbons (Fsp3) is 0.800. The Hall–Kier alpha value is -0.610. The number of thiazole rings is 1. The highest BCUT2D eigenvalue weighted by molar-refractivity contribution is 7.15. The molecule has 2 aliphatic rings. The molecule has 0 radical (unpaired) electrons. The van der Waals surface area contributed by atoms with Crippen molar-refractivity contribution in [3.05, 3.63) is 10.6 Å². The minimum atomic E-state index is 0.558. The van der Waals surface area contributed by atoms with E-state index in [9.17, 15) is 0 Å². The van der Waals surface area contributed by atoms with Gasteiger partial charge in [-0.05, 0) is 45.1 Å². The molecule has 1 aliphatic heterocycles. The zero-order valence-corrected chi connectivity index (χ0v) is 12.9. The minimum Gasteiger partial charge on any atom is -0.345 e. The van der Waals surface area contributed by atoms with Gasteiger partial charge in [-0.15, -0.1) is 0 Å². The Morgan fingerprint density at radius 2 is 2.21 bits per heavy atom. The molecule has 2 unspecified atom stereocenters. The smallest absolute Gasteiger partial charge is 0.186 e. The van der Waals surface area contributed by atoms with E-state index in [4.69, 9.17) is 4.98 Å². The van der Waals surface area contributed by atoms with Gasteiger partial charge in [0, 0.05) is 23.5 Å². The molecular formula is C15H25N3S. The van der Waals surface area contributed by atoms with Gasteiger partial charge in [-0.2, -0.15) is 0 Å². The molecule has 1 aromatic heterocycles. The molecule has 3 rings (SSSR count). The van der Waals surface area contributed by atoms with Gasteiger partial charge in [0.2, 0.25) is 0 Å². The quantitative estimate of drug-likeness (QED) is 0.914. The molecule has 1 saturated heterocycles. The normalized spacial score (nSPS) is 26.7. The first-order valence-corrected chi connectivity index (χ1v) is 8.64. The van der Waals surface area contributed by atoms with Gasteiger partial charge in [0.25, 0.3) is 0 Å². The first-order chi connectivity index (χ1) is 9.33. The number of hydrogen-bond donors (Lipinski definition) is 1. The van der Waals surface area contributed by atoms with E-state index >= 15 is 0 Å². The predicted molar refractivity (Wildman–Crippen MR) is 82.1 cm³/mol. The molecule has 0 spiro atoms. The monoisotopic (exact) mass is 279 g/mol. The third-order valence-electron chi connectivity index (χ3n) is 4.48. The molecule has 0 bridgehead atoms. The molecule has 2 heterocycles. The summed E-state index contributed by atoms with van der Waals surface area (Å²) in [6, 6.07) is 1.29. The van der Waals surface area contributed by atoms with Crippen LogP contribution in [0.2, 0.25) is 0 Å². The van der Waals surface area contributed by atoms with Crippen LogP contribution in [0.4, 0.5) is 5.13 Å². The lowest BCUT2D eigenvalue weighted by Gasteiger charge is -2.22. The van der Waals surface area contributed by atoms with Crippen LogP contribution in [-0.2, 0) is 6.42 Å². The van der Waals surface area contributed by atoms with Crippen molar-refractivity contribution < 1.29 is 0 Å². The summed E-state index contributed by atoms with van der Waals surface area (Å²) in [6.07, 6.45) is 7.67. The lowest BCUT2D eigenvalue weighted by atomic mass is 9.98. The highest BCUT2D eigenvalue weighted by atomic mass is 32.1. The summed E-state index contributed by atoms with van der Waals surface area (Å²) in [7, 11) is 0. The summed E-state index contributed by atoms with van der Waals surface area (Å²) in [5.41, 5.74) is 1.37. The molecule has 4 heteroatoms. The van der Waals surface area contributed by atoms with Gasteiger partial charge in [0.05, 0.1) is 5.69 Å². The Kier molecular flexibility index (Phi) is 4.08. The van der Waals surface area contributed by atoms with Crippen molar-refractivity contribution >= 4 is 16.5 Å². The van der Waals surface area contributed by atoms with Gasteiger partial charge in [-0.1, -0.05) is 25.2 Å². The Balaban J connectivity index is 1.84. The molecule has 1 fully saturated rings. The Bertz CT molecular complexity index is 429. The molecule has 19 heavy (non-hydrogen) atoms. The van der Waals surface area contributed by atoms with Crippen molar-refractivity contribution in [2.75, 3.05) is 18.0 Å². The topological polar surface area (TPSA) is 28.2 Å². The van der Waals surface area contributed by atoms with Gasteiger partial charge in [-0.3, -0.25) is 0 Å². The molecule has 0 aromatic carbocycles. The molecule has 2 atom stereocenters. The summed E-state index contributed by atoms with van der Waals surface area (Å²) < 4.78 is 0. The van der Waals surface area contributed by atoms with Crippen molar-refractivity contribution in [3.8, 4) is 0 Å². The number of rotatable bonds is 4. The van der Waals surface area contributed by atoms with E-state index in [0.717, 1.165) is 12.6 Å². The molecule has 3 nitrogen and oxygen atoms in total. The maximum absolute atomic E-state index is 4.97. The van der Waals surface area contributed by atoms with Crippen LogP contribution in [0.3, 0.4) is 0 Å². The van der Waals surface area contributed by atoms with Gasteiger partial charge in [-0.25, -0.2) is 4.98 Å². The summed E-state index contributed by atoms with van der Waals surface area (Å²) >= 11 is 1.95. The highest BCUT2D eigenvalue weighted by Crippen LogP contribution is 2.39. The van der Waals surface area contributed by atoms with Crippen LogP contribution in [0.1, 0.15) is 62.6 Å². The van der Waals surface area contributed by atoms with Gasteiger partial charge < -0.3 is 10.2 Å². The maximum atomic E-state index is 4.97. The van der Waals surface area contributed by atoms with Gasteiger partial charge >= 0.3 is 0 Å². The number of aromatic nitrogens is 1. The number of fused-ring (bicyclic) bond motifs is 1. The number of hydrogen-bond acceptors (Lipinski definition) is 4. The van der Waals surface area contributed by atoms with Crippen LogP contribution in [0, 0.1) is 0 Å². The largest absolute Gasteiger partial charge is 0.345 e. The number of aryl methyl sites for hydroxylation is 1. The predicted octanol–water partition coefficient (Wildman–Crippen LogP) is 3.51. The molecule has 0 amide bonds.